The summed E-state index contributed by atoms with van der Waals surface area (Å²) in [5, 5.41) is 15.3. The Balaban J connectivity index is 1.70. The van der Waals surface area contributed by atoms with E-state index >= 15 is 0 Å². The Hall–Kier alpha value is -3.39. The van der Waals surface area contributed by atoms with Gasteiger partial charge >= 0.3 is 6.18 Å². The van der Waals surface area contributed by atoms with E-state index in [0.717, 1.165) is 17.8 Å². The third-order valence-electron chi connectivity index (χ3n) is 5.09. The molecule has 0 aliphatic carbocycles. The minimum absolute atomic E-state index is 0.0575. The van der Waals surface area contributed by atoms with E-state index in [1.807, 2.05) is 30.3 Å². The van der Waals surface area contributed by atoms with Gasteiger partial charge in [-0.05, 0) is 60.5 Å². The van der Waals surface area contributed by atoms with Gasteiger partial charge in [0.2, 0.25) is 5.60 Å². The number of rotatable bonds is 5. The maximum atomic E-state index is 13.9. The Morgan fingerprint density at radius 2 is 1.74 bits per heavy atom. The van der Waals surface area contributed by atoms with E-state index in [1.54, 1.807) is 4.68 Å². The number of hydrogen-bond donors (Lipinski definition) is 1. The molecule has 1 aromatic heterocycles. The molecule has 0 bridgehead atoms. The van der Waals surface area contributed by atoms with Gasteiger partial charge in [0.15, 0.2) is 0 Å². The van der Waals surface area contributed by atoms with Gasteiger partial charge in [-0.2, -0.15) is 18.3 Å². The predicted molar refractivity (Wildman–Crippen MR) is 108 cm³/mol. The Morgan fingerprint density at radius 1 is 1.00 bits per heavy atom. The van der Waals surface area contributed by atoms with E-state index in [0.29, 0.717) is 16.5 Å². The number of hydrogen-bond acceptors (Lipinski definition) is 3. The number of nitrogens with zero attached hydrogens (tertiary/aromatic N) is 2. The lowest BCUT2D eigenvalue weighted by molar-refractivity contribution is -0.275. The molecule has 160 valence electrons. The van der Waals surface area contributed by atoms with Crippen LogP contribution in [0.4, 0.5) is 17.6 Å². The number of ether oxygens (including phenoxy) is 1. The van der Waals surface area contributed by atoms with Crippen molar-refractivity contribution in [2.45, 2.75) is 18.7 Å². The maximum Gasteiger partial charge on any atom is 0.424 e. The van der Waals surface area contributed by atoms with Crippen molar-refractivity contribution in [1.29, 1.82) is 0 Å². The van der Waals surface area contributed by atoms with Crippen molar-refractivity contribution >= 4 is 10.9 Å². The zero-order chi connectivity index (χ0) is 22.2. The topological polar surface area (TPSA) is 47.3 Å². The van der Waals surface area contributed by atoms with Crippen LogP contribution in [0.5, 0.6) is 5.75 Å². The normalized spacial score (nSPS) is 13.9. The minimum atomic E-state index is -5.01. The molecule has 0 saturated heterocycles. The number of aromatic nitrogens is 2. The molecule has 1 unspecified atom stereocenters. The Morgan fingerprint density at radius 3 is 2.42 bits per heavy atom. The molecule has 0 saturated carbocycles. The molecule has 1 atom stereocenters. The van der Waals surface area contributed by atoms with E-state index in [4.69, 9.17) is 4.74 Å². The molecular weight excluding hydrogens is 412 g/mol. The molecule has 1 heterocycles. The predicted octanol–water partition coefficient (Wildman–Crippen LogP) is 5.30. The number of halogens is 4. The standard InChI is InChI=1S/C23H18F4N2O2/c1-15-11-18(24)8-10-21(15)31-14-22(30,23(25,26)27)17-7-9-20-16(12-17)13-28-29(20)19-5-3-2-4-6-19/h2-13,30H,14H2,1H3. The van der Waals surface area contributed by atoms with Gasteiger partial charge in [0.1, 0.15) is 18.2 Å². The molecule has 4 rings (SSSR count). The van der Waals surface area contributed by atoms with Crippen molar-refractivity contribution < 1.29 is 27.4 Å². The van der Waals surface area contributed by atoms with Crippen molar-refractivity contribution in [2.75, 3.05) is 6.61 Å². The summed E-state index contributed by atoms with van der Waals surface area (Å²) in [6.45, 7) is 0.427. The summed E-state index contributed by atoms with van der Waals surface area (Å²) in [4.78, 5) is 0. The maximum absolute atomic E-state index is 13.9. The van der Waals surface area contributed by atoms with Gasteiger partial charge in [-0.25, -0.2) is 9.07 Å². The summed E-state index contributed by atoms with van der Waals surface area (Å²) < 4.78 is 61.9. The lowest BCUT2D eigenvalue weighted by atomic mass is 9.93. The number of aliphatic hydroxyl groups is 1. The van der Waals surface area contributed by atoms with Gasteiger partial charge in [-0.3, -0.25) is 0 Å². The van der Waals surface area contributed by atoms with Crippen LogP contribution < -0.4 is 4.74 Å². The molecular formula is C23H18F4N2O2. The second kappa shape index (κ2) is 7.70. The smallest absolute Gasteiger partial charge is 0.424 e. The van der Waals surface area contributed by atoms with E-state index < -0.39 is 24.2 Å². The highest BCUT2D eigenvalue weighted by atomic mass is 19.4. The molecule has 0 fully saturated rings. The van der Waals surface area contributed by atoms with Gasteiger partial charge in [0, 0.05) is 5.39 Å². The average Bonchev–Trinajstić information content (AvgIpc) is 3.16. The molecule has 4 aromatic rings. The fourth-order valence-corrected chi connectivity index (χ4v) is 3.35. The summed E-state index contributed by atoms with van der Waals surface area (Å²) in [5.74, 6) is -0.473. The molecule has 0 amide bonds. The molecule has 31 heavy (non-hydrogen) atoms. The third kappa shape index (κ3) is 3.86. The SMILES string of the molecule is Cc1cc(F)ccc1OCC(O)(c1ccc2c(cnn2-c2ccccc2)c1)C(F)(F)F. The van der Waals surface area contributed by atoms with Gasteiger partial charge in [0.25, 0.3) is 0 Å². The first-order chi connectivity index (χ1) is 14.7. The third-order valence-corrected chi connectivity index (χ3v) is 5.09. The number of aryl methyl sites for hydroxylation is 1. The zero-order valence-electron chi connectivity index (χ0n) is 16.4. The van der Waals surface area contributed by atoms with Gasteiger partial charge in [-0.15, -0.1) is 0 Å². The number of para-hydroxylation sites is 1. The van der Waals surface area contributed by atoms with Crippen molar-refractivity contribution in [3.8, 4) is 11.4 Å². The largest absolute Gasteiger partial charge is 0.490 e. The summed E-state index contributed by atoms with van der Waals surface area (Å²) >= 11 is 0. The highest BCUT2D eigenvalue weighted by Gasteiger charge is 2.56. The second-order valence-corrected chi connectivity index (χ2v) is 7.22. The highest BCUT2D eigenvalue weighted by Crippen LogP contribution is 2.40. The average molecular weight is 430 g/mol. The number of benzene rings is 3. The lowest BCUT2D eigenvalue weighted by Crippen LogP contribution is -2.47. The van der Waals surface area contributed by atoms with Crippen LogP contribution in [0, 0.1) is 12.7 Å². The number of fused-ring (bicyclic) bond motifs is 1. The molecule has 8 heteroatoms. The zero-order valence-corrected chi connectivity index (χ0v) is 16.4. The van der Waals surface area contributed by atoms with Crippen molar-refractivity contribution in [2.24, 2.45) is 0 Å². The van der Waals surface area contributed by atoms with E-state index in [2.05, 4.69) is 5.10 Å². The van der Waals surface area contributed by atoms with Crippen LogP contribution in [0.15, 0.2) is 72.9 Å². The summed E-state index contributed by atoms with van der Waals surface area (Å²) in [5.41, 5.74) is -1.97. The van der Waals surface area contributed by atoms with Gasteiger partial charge in [-0.1, -0.05) is 24.3 Å². The van der Waals surface area contributed by atoms with Crippen LogP contribution in [0.1, 0.15) is 11.1 Å². The Bertz CT molecular complexity index is 1220. The molecule has 0 spiro atoms. The fraction of sp³-hybridized carbons (Fsp3) is 0.174. The van der Waals surface area contributed by atoms with Crippen LogP contribution in [0.25, 0.3) is 16.6 Å². The summed E-state index contributed by atoms with van der Waals surface area (Å²) in [6, 6.07) is 16.5. The number of alkyl halides is 3. The molecule has 0 radical (unpaired) electrons. The molecule has 1 N–H and O–H groups in total. The highest BCUT2D eigenvalue weighted by molar-refractivity contribution is 5.81. The molecule has 4 nitrogen and oxygen atoms in total. The Kier molecular flexibility index (Phi) is 5.18. The van der Waals surface area contributed by atoms with Gasteiger partial charge < -0.3 is 9.84 Å². The summed E-state index contributed by atoms with van der Waals surface area (Å²) in [7, 11) is 0. The van der Waals surface area contributed by atoms with E-state index in [9.17, 15) is 22.7 Å². The minimum Gasteiger partial charge on any atom is -0.490 e. The first kappa shape index (κ1) is 20.9. The van der Waals surface area contributed by atoms with Crippen molar-refractivity contribution in [1.82, 2.24) is 9.78 Å². The second-order valence-electron chi connectivity index (χ2n) is 7.22. The van der Waals surface area contributed by atoms with E-state index in [-0.39, 0.29) is 11.3 Å². The lowest BCUT2D eigenvalue weighted by Gasteiger charge is -2.31. The summed E-state index contributed by atoms with van der Waals surface area (Å²) in [6.07, 6.45) is -3.57. The van der Waals surface area contributed by atoms with Crippen LogP contribution in [0.2, 0.25) is 0 Å². The molecule has 0 aliphatic heterocycles. The first-order valence-electron chi connectivity index (χ1n) is 9.41. The first-order valence-corrected chi connectivity index (χ1v) is 9.41. The Labute approximate surface area is 175 Å². The van der Waals surface area contributed by atoms with E-state index in [1.165, 1.54) is 37.4 Å². The monoisotopic (exact) mass is 430 g/mol. The van der Waals surface area contributed by atoms with Crippen LogP contribution in [-0.2, 0) is 5.60 Å². The van der Waals surface area contributed by atoms with Crippen LogP contribution in [0.3, 0.4) is 0 Å². The van der Waals surface area contributed by atoms with Gasteiger partial charge in [0.05, 0.1) is 17.4 Å². The molecule has 3 aromatic carbocycles. The van der Waals surface area contributed by atoms with Crippen LogP contribution in [-0.4, -0.2) is 27.7 Å². The van der Waals surface area contributed by atoms with Crippen molar-refractivity contribution in [3.05, 3.63) is 89.9 Å². The quantitative estimate of drug-likeness (QED) is 0.437. The van der Waals surface area contributed by atoms with Crippen LogP contribution >= 0.6 is 0 Å². The fourth-order valence-electron chi connectivity index (χ4n) is 3.35. The van der Waals surface area contributed by atoms with Crippen molar-refractivity contribution in [3.63, 3.8) is 0 Å². The molecule has 0 aliphatic rings.